The number of methoxy groups -OCH3 is 3. The lowest BCUT2D eigenvalue weighted by Gasteiger charge is -2.14. The Kier molecular flexibility index (Phi) is 5.37. The third kappa shape index (κ3) is 3.19. The average molecular weight is 376 g/mol. The third-order valence-corrected chi connectivity index (χ3v) is 4.52. The van der Waals surface area contributed by atoms with Crippen LogP contribution in [-0.2, 0) is 0 Å². The number of benzene rings is 2. The number of nitriles is 1. The Morgan fingerprint density at radius 1 is 1.04 bits per heavy atom. The zero-order chi connectivity index (χ0) is 20.3. The Bertz CT molecular complexity index is 1120. The number of ether oxygens (including phenoxy) is 3. The summed E-state index contributed by atoms with van der Waals surface area (Å²) in [4.78, 5) is 16.3. The van der Waals surface area contributed by atoms with Crippen LogP contribution in [0.4, 0.5) is 0 Å². The Hall–Kier alpha value is -3.72. The molecule has 0 atom stereocenters. The van der Waals surface area contributed by atoms with Crippen LogP contribution in [0.25, 0.3) is 17.0 Å². The van der Waals surface area contributed by atoms with Gasteiger partial charge in [-0.1, -0.05) is 18.2 Å². The van der Waals surface area contributed by atoms with Crippen LogP contribution in [0, 0.1) is 18.3 Å². The topological polar surface area (TPSA) is 84.3 Å². The smallest absolute Gasteiger partial charge is 0.205 e. The molecule has 3 rings (SSSR count). The first kappa shape index (κ1) is 19.1. The summed E-state index contributed by atoms with van der Waals surface area (Å²) in [6.07, 6.45) is 1.50. The molecular weight excluding hydrogens is 356 g/mol. The second-order valence-corrected chi connectivity index (χ2v) is 6.09. The number of rotatable bonds is 6. The number of allylic oxidation sites excluding steroid dienone is 1. The molecule has 0 aliphatic heterocycles. The fourth-order valence-electron chi connectivity index (χ4n) is 3.25. The molecule has 1 heterocycles. The number of aromatic amines is 1. The molecule has 142 valence electrons. The molecule has 2 aromatic carbocycles. The van der Waals surface area contributed by atoms with Crippen LogP contribution in [-0.4, -0.2) is 32.1 Å². The maximum absolute atomic E-state index is 13.1. The lowest BCUT2D eigenvalue weighted by Crippen LogP contribution is -2.04. The third-order valence-electron chi connectivity index (χ3n) is 4.52. The Balaban J connectivity index is 2.14. The van der Waals surface area contributed by atoms with E-state index < -0.39 is 0 Å². The van der Waals surface area contributed by atoms with E-state index in [0.717, 1.165) is 10.9 Å². The van der Waals surface area contributed by atoms with Crippen molar-refractivity contribution in [2.24, 2.45) is 0 Å². The molecule has 0 fully saturated rings. The number of fused-ring (bicyclic) bond motifs is 1. The highest BCUT2D eigenvalue weighted by molar-refractivity contribution is 6.20. The number of Topliss-reactive ketones (excluding diaryl/α,β-unsaturated/α-hetero) is 1. The first-order valence-electron chi connectivity index (χ1n) is 8.58. The number of carbonyl (C=O) groups excluding carboxylic acids is 1. The van der Waals surface area contributed by atoms with Crippen molar-refractivity contribution in [3.8, 4) is 23.3 Å². The molecule has 0 saturated heterocycles. The van der Waals surface area contributed by atoms with E-state index in [1.807, 2.05) is 37.3 Å². The summed E-state index contributed by atoms with van der Waals surface area (Å²) in [5.74, 6) is 0.924. The SMILES string of the molecule is COc1ccc(/C=C(\C#N)C(=O)c2c(C)[nH]c3ccccc23)c(OC)c1OC. The van der Waals surface area contributed by atoms with E-state index in [-0.39, 0.29) is 11.4 Å². The van der Waals surface area contributed by atoms with E-state index in [1.165, 1.54) is 27.4 Å². The number of ketones is 1. The molecule has 6 nitrogen and oxygen atoms in total. The van der Waals surface area contributed by atoms with Crippen LogP contribution in [0.15, 0.2) is 42.0 Å². The van der Waals surface area contributed by atoms with Gasteiger partial charge in [-0.25, -0.2) is 0 Å². The number of H-pyrrole nitrogens is 1. The van der Waals surface area contributed by atoms with Crippen molar-refractivity contribution in [1.29, 1.82) is 5.26 Å². The molecule has 3 aromatic rings. The van der Waals surface area contributed by atoms with E-state index in [4.69, 9.17) is 14.2 Å². The van der Waals surface area contributed by atoms with Crippen molar-refractivity contribution < 1.29 is 19.0 Å². The fraction of sp³-hybridized carbons (Fsp3) is 0.182. The Morgan fingerprint density at radius 3 is 2.39 bits per heavy atom. The molecule has 28 heavy (non-hydrogen) atoms. The van der Waals surface area contributed by atoms with E-state index in [0.29, 0.717) is 34.1 Å². The van der Waals surface area contributed by atoms with Crippen LogP contribution in [0.1, 0.15) is 21.6 Å². The van der Waals surface area contributed by atoms with Crippen LogP contribution in [0.3, 0.4) is 0 Å². The minimum atomic E-state index is -0.353. The molecule has 0 bridgehead atoms. The number of hydrogen-bond donors (Lipinski definition) is 1. The second-order valence-electron chi connectivity index (χ2n) is 6.09. The van der Waals surface area contributed by atoms with Crippen LogP contribution in [0.2, 0.25) is 0 Å². The summed E-state index contributed by atoms with van der Waals surface area (Å²) in [5, 5.41) is 10.4. The molecule has 0 aliphatic carbocycles. The largest absolute Gasteiger partial charge is 0.493 e. The highest BCUT2D eigenvalue weighted by Gasteiger charge is 2.21. The maximum atomic E-state index is 13.1. The van der Waals surface area contributed by atoms with Gasteiger partial charge in [-0.2, -0.15) is 5.26 Å². The predicted molar refractivity (Wildman–Crippen MR) is 107 cm³/mol. The molecule has 0 aliphatic rings. The second kappa shape index (κ2) is 7.89. The number of nitrogens with one attached hydrogen (secondary N) is 1. The molecule has 0 radical (unpaired) electrons. The van der Waals surface area contributed by atoms with Gasteiger partial charge < -0.3 is 19.2 Å². The number of nitrogens with zero attached hydrogens (tertiary/aromatic N) is 1. The van der Waals surface area contributed by atoms with E-state index in [9.17, 15) is 10.1 Å². The summed E-state index contributed by atoms with van der Waals surface area (Å²) in [6, 6.07) is 12.9. The van der Waals surface area contributed by atoms with Gasteiger partial charge in [-0.15, -0.1) is 0 Å². The molecule has 1 N–H and O–H groups in total. The lowest BCUT2D eigenvalue weighted by atomic mass is 9.99. The highest BCUT2D eigenvalue weighted by Crippen LogP contribution is 2.40. The van der Waals surface area contributed by atoms with Crippen molar-refractivity contribution in [2.45, 2.75) is 6.92 Å². The minimum absolute atomic E-state index is 0.00151. The molecular formula is C22H20N2O4. The number of aryl methyl sites for hydroxylation is 1. The molecule has 1 aromatic heterocycles. The van der Waals surface area contributed by atoms with Crippen molar-refractivity contribution in [2.75, 3.05) is 21.3 Å². The van der Waals surface area contributed by atoms with Crippen molar-refractivity contribution >= 4 is 22.8 Å². The van der Waals surface area contributed by atoms with Crippen LogP contribution in [0.5, 0.6) is 17.2 Å². The van der Waals surface area contributed by atoms with Crippen molar-refractivity contribution in [1.82, 2.24) is 4.98 Å². The lowest BCUT2D eigenvalue weighted by molar-refractivity contribution is 0.104. The molecule has 0 spiro atoms. The average Bonchev–Trinajstić information content (AvgIpc) is 3.06. The Labute approximate surface area is 163 Å². The fourth-order valence-corrected chi connectivity index (χ4v) is 3.25. The monoisotopic (exact) mass is 376 g/mol. The van der Waals surface area contributed by atoms with E-state index in [1.54, 1.807) is 12.1 Å². The number of aromatic nitrogens is 1. The van der Waals surface area contributed by atoms with Gasteiger partial charge in [0.15, 0.2) is 11.5 Å². The van der Waals surface area contributed by atoms with Gasteiger partial charge in [0.25, 0.3) is 0 Å². The summed E-state index contributed by atoms with van der Waals surface area (Å²) in [5.41, 5.74) is 2.60. The summed E-state index contributed by atoms with van der Waals surface area (Å²) >= 11 is 0. The summed E-state index contributed by atoms with van der Waals surface area (Å²) in [6.45, 7) is 1.82. The minimum Gasteiger partial charge on any atom is -0.493 e. The van der Waals surface area contributed by atoms with Gasteiger partial charge >= 0.3 is 0 Å². The van der Waals surface area contributed by atoms with E-state index in [2.05, 4.69) is 4.98 Å². The summed E-state index contributed by atoms with van der Waals surface area (Å²) in [7, 11) is 4.52. The molecule has 0 unspecified atom stereocenters. The molecule has 6 heteroatoms. The normalized spacial score (nSPS) is 11.2. The van der Waals surface area contributed by atoms with Crippen LogP contribution >= 0.6 is 0 Å². The first-order valence-corrected chi connectivity index (χ1v) is 8.58. The maximum Gasteiger partial charge on any atom is 0.205 e. The van der Waals surface area contributed by atoms with Crippen LogP contribution < -0.4 is 14.2 Å². The number of para-hydroxylation sites is 1. The predicted octanol–water partition coefficient (Wildman–Crippen LogP) is 4.29. The van der Waals surface area contributed by atoms with E-state index >= 15 is 0 Å². The quantitative estimate of drug-likeness (QED) is 0.394. The zero-order valence-electron chi connectivity index (χ0n) is 16.1. The summed E-state index contributed by atoms with van der Waals surface area (Å²) < 4.78 is 16.1. The molecule has 0 amide bonds. The Morgan fingerprint density at radius 2 is 1.75 bits per heavy atom. The highest BCUT2D eigenvalue weighted by atomic mass is 16.5. The standard InChI is InChI=1S/C22H20N2O4/c1-13-19(16-7-5-6-8-17(16)24-13)20(25)15(12-23)11-14-9-10-18(26-2)22(28-4)21(14)27-3/h5-11,24H,1-4H3/b15-11+. The van der Waals surface area contributed by atoms with Gasteiger partial charge in [0, 0.05) is 22.2 Å². The van der Waals surface area contributed by atoms with Gasteiger partial charge in [-0.3, -0.25) is 4.79 Å². The first-order chi connectivity index (χ1) is 13.5. The zero-order valence-corrected chi connectivity index (χ0v) is 16.1. The van der Waals surface area contributed by atoms with Crippen molar-refractivity contribution in [3.05, 3.63) is 58.8 Å². The molecule has 0 saturated carbocycles. The number of hydrogen-bond acceptors (Lipinski definition) is 5. The number of carbonyl (C=O) groups is 1. The van der Waals surface area contributed by atoms with Crippen molar-refractivity contribution in [3.63, 3.8) is 0 Å². The van der Waals surface area contributed by atoms with Gasteiger partial charge in [0.05, 0.1) is 26.9 Å². The van der Waals surface area contributed by atoms with Gasteiger partial charge in [0.1, 0.15) is 11.6 Å². The van der Waals surface area contributed by atoms with Gasteiger partial charge in [-0.05, 0) is 31.2 Å². The van der Waals surface area contributed by atoms with Gasteiger partial charge in [0.2, 0.25) is 11.5 Å².